The topological polar surface area (TPSA) is 52.6 Å². The summed E-state index contributed by atoms with van der Waals surface area (Å²) in [6.45, 7) is 5.46. The second kappa shape index (κ2) is 8.41. The maximum atomic E-state index is 12.0. The molecule has 0 unspecified atom stereocenters. The Morgan fingerprint density at radius 3 is 2.47 bits per heavy atom. The van der Waals surface area contributed by atoms with Crippen LogP contribution in [-0.2, 0) is 0 Å². The van der Waals surface area contributed by atoms with Gasteiger partial charge in [-0.25, -0.2) is 4.79 Å². The van der Waals surface area contributed by atoms with Gasteiger partial charge in [-0.2, -0.15) is 0 Å². The van der Waals surface area contributed by atoms with Gasteiger partial charge in [0.25, 0.3) is 0 Å². The number of rotatable bonds is 6. The largest absolute Gasteiger partial charge is 0.396 e. The quantitative estimate of drug-likeness (QED) is 0.729. The highest BCUT2D eigenvalue weighted by Crippen LogP contribution is 2.26. The molecule has 1 saturated carbocycles. The molecule has 4 heteroatoms. The molecule has 0 spiro atoms. The van der Waals surface area contributed by atoms with E-state index in [1.54, 1.807) is 0 Å². The van der Waals surface area contributed by atoms with Crippen molar-refractivity contribution in [3.63, 3.8) is 0 Å². The first-order chi connectivity index (χ1) is 9.04. The van der Waals surface area contributed by atoms with Gasteiger partial charge in [0.15, 0.2) is 0 Å². The lowest BCUT2D eigenvalue weighted by molar-refractivity contribution is 0.134. The maximum Gasteiger partial charge on any atom is 0.317 e. The third-order valence-electron chi connectivity index (χ3n) is 4.18. The van der Waals surface area contributed by atoms with Crippen molar-refractivity contribution >= 4 is 6.03 Å². The Balaban J connectivity index is 2.21. The van der Waals surface area contributed by atoms with Crippen molar-refractivity contribution in [2.24, 2.45) is 11.8 Å². The molecule has 112 valence electrons. The Morgan fingerprint density at radius 2 is 1.95 bits per heavy atom. The molecule has 0 saturated heterocycles. The predicted molar refractivity (Wildman–Crippen MR) is 78.1 cm³/mol. The van der Waals surface area contributed by atoms with E-state index in [0.29, 0.717) is 17.9 Å². The summed E-state index contributed by atoms with van der Waals surface area (Å²) in [6.07, 6.45) is 6.31. The van der Waals surface area contributed by atoms with Gasteiger partial charge in [-0.3, -0.25) is 0 Å². The third-order valence-corrected chi connectivity index (χ3v) is 4.18. The SMILES string of the molecule is CC(C)CCCNC(=O)N(C)C1CCC(CO)CC1. The molecule has 0 aromatic carbocycles. The van der Waals surface area contributed by atoms with Crippen molar-refractivity contribution < 1.29 is 9.90 Å². The number of urea groups is 1. The molecule has 1 rings (SSSR count). The molecule has 1 fully saturated rings. The van der Waals surface area contributed by atoms with Gasteiger partial charge in [0.1, 0.15) is 0 Å². The van der Waals surface area contributed by atoms with Gasteiger partial charge in [0, 0.05) is 26.2 Å². The number of aliphatic hydroxyl groups is 1. The minimum absolute atomic E-state index is 0.0520. The predicted octanol–water partition coefficient (Wildman–Crippen LogP) is 2.62. The van der Waals surface area contributed by atoms with Crippen molar-refractivity contribution in [3.8, 4) is 0 Å². The van der Waals surface area contributed by atoms with E-state index in [0.717, 1.165) is 45.1 Å². The van der Waals surface area contributed by atoms with Crippen molar-refractivity contribution in [2.45, 2.75) is 58.4 Å². The van der Waals surface area contributed by atoms with Gasteiger partial charge in [-0.1, -0.05) is 13.8 Å². The summed E-state index contributed by atoms with van der Waals surface area (Å²) in [5.41, 5.74) is 0. The molecule has 2 amide bonds. The lowest BCUT2D eigenvalue weighted by Crippen LogP contribution is -2.45. The number of amides is 2. The van der Waals surface area contributed by atoms with Crippen molar-refractivity contribution in [1.82, 2.24) is 10.2 Å². The highest BCUT2D eigenvalue weighted by atomic mass is 16.3. The van der Waals surface area contributed by atoms with Crippen LogP contribution in [0.3, 0.4) is 0 Å². The third kappa shape index (κ3) is 5.81. The number of nitrogens with zero attached hydrogens (tertiary/aromatic N) is 1. The molecule has 0 atom stereocenters. The lowest BCUT2D eigenvalue weighted by Gasteiger charge is -2.34. The minimum Gasteiger partial charge on any atom is -0.396 e. The molecule has 2 N–H and O–H groups in total. The van der Waals surface area contributed by atoms with Crippen LogP contribution in [-0.4, -0.2) is 42.3 Å². The first kappa shape index (κ1) is 16.3. The standard InChI is InChI=1S/C15H30N2O2/c1-12(2)5-4-10-16-15(19)17(3)14-8-6-13(11-18)7-9-14/h12-14,18H,4-11H2,1-3H3,(H,16,19). The van der Waals surface area contributed by atoms with Crippen LogP contribution >= 0.6 is 0 Å². The van der Waals surface area contributed by atoms with Gasteiger partial charge in [0.05, 0.1) is 0 Å². The zero-order valence-electron chi connectivity index (χ0n) is 12.7. The van der Waals surface area contributed by atoms with E-state index in [1.807, 2.05) is 11.9 Å². The molecule has 0 aliphatic heterocycles. The average Bonchev–Trinajstić information content (AvgIpc) is 2.42. The molecule has 1 aliphatic carbocycles. The van der Waals surface area contributed by atoms with Crippen molar-refractivity contribution in [2.75, 3.05) is 20.2 Å². The first-order valence-electron chi connectivity index (χ1n) is 7.66. The average molecular weight is 270 g/mol. The van der Waals surface area contributed by atoms with Crippen LogP contribution in [0, 0.1) is 11.8 Å². The molecular weight excluding hydrogens is 240 g/mol. The van der Waals surface area contributed by atoms with E-state index in [1.165, 1.54) is 0 Å². The van der Waals surface area contributed by atoms with E-state index in [2.05, 4.69) is 19.2 Å². The zero-order valence-corrected chi connectivity index (χ0v) is 12.7. The number of nitrogens with one attached hydrogen (secondary N) is 1. The number of hydrogen-bond donors (Lipinski definition) is 2. The molecule has 0 bridgehead atoms. The van der Waals surface area contributed by atoms with Crippen LogP contribution in [0.2, 0.25) is 0 Å². The Kier molecular flexibility index (Phi) is 7.21. The molecule has 0 aromatic rings. The van der Waals surface area contributed by atoms with E-state index in [-0.39, 0.29) is 12.6 Å². The van der Waals surface area contributed by atoms with Crippen LogP contribution in [0.1, 0.15) is 52.4 Å². The van der Waals surface area contributed by atoms with E-state index >= 15 is 0 Å². The fourth-order valence-electron chi connectivity index (χ4n) is 2.71. The summed E-state index contributed by atoms with van der Waals surface area (Å²) in [5, 5.41) is 12.1. The van der Waals surface area contributed by atoms with E-state index < -0.39 is 0 Å². The Morgan fingerprint density at radius 1 is 1.32 bits per heavy atom. The second-order valence-electron chi connectivity index (χ2n) is 6.24. The molecule has 4 nitrogen and oxygen atoms in total. The summed E-state index contributed by atoms with van der Waals surface area (Å²) in [4.78, 5) is 13.9. The number of aliphatic hydroxyl groups excluding tert-OH is 1. The molecular formula is C15H30N2O2. The molecule has 19 heavy (non-hydrogen) atoms. The molecule has 0 heterocycles. The molecule has 0 radical (unpaired) electrons. The van der Waals surface area contributed by atoms with Crippen LogP contribution in [0.5, 0.6) is 0 Å². The number of carbonyl (C=O) groups is 1. The summed E-state index contributed by atoms with van der Waals surface area (Å²) >= 11 is 0. The number of hydrogen-bond acceptors (Lipinski definition) is 2. The molecule has 0 aromatic heterocycles. The minimum atomic E-state index is 0.0520. The van der Waals surface area contributed by atoms with E-state index in [4.69, 9.17) is 5.11 Å². The summed E-state index contributed by atoms with van der Waals surface area (Å²) in [6, 6.07) is 0.393. The second-order valence-corrected chi connectivity index (χ2v) is 6.24. The van der Waals surface area contributed by atoms with Crippen molar-refractivity contribution in [3.05, 3.63) is 0 Å². The smallest absolute Gasteiger partial charge is 0.317 e. The summed E-state index contributed by atoms with van der Waals surface area (Å²) in [5.74, 6) is 1.14. The molecule has 1 aliphatic rings. The van der Waals surface area contributed by atoms with Crippen molar-refractivity contribution in [1.29, 1.82) is 0 Å². The normalized spacial score (nSPS) is 23.4. The van der Waals surface area contributed by atoms with Gasteiger partial charge in [-0.05, 0) is 50.4 Å². The monoisotopic (exact) mass is 270 g/mol. The summed E-state index contributed by atoms with van der Waals surface area (Å²) in [7, 11) is 1.89. The van der Waals surface area contributed by atoms with Crippen LogP contribution in [0.4, 0.5) is 4.79 Å². The first-order valence-corrected chi connectivity index (χ1v) is 7.66. The van der Waals surface area contributed by atoms with Gasteiger partial charge < -0.3 is 15.3 Å². The summed E-state index contributed by atoms with van der Waals surface area (Å²) < 4.78 is 0. The highest BCUT2D eigenvalue weighted by Gasteiger charge is 2.25. The fraction of sp³-hybridized carbons (Fsp3) is 0.933. The Labute approximate surface area is 117 Å². The van der Waals surface area contributed by atoms with Crippen LogP contribution in [0.25, 0.3) is 0 Å². The maximum absolute atomic E-state index is 12.0. The number of carbonyl (C=O) groups excluding carboxylic acids is 1. The lowest BCUT2D eigenvalue weighted by atomic mass is 9.86. The van der Waals surface area contributed by atoms with Gasteiger partial charge in [-0.15, -0.1) is 0 Å². The zero-order chi connectivity index (χ0) is 14.3. The van der Waals surface area contributed by atoms with Crippen LogP contribution in [0.15, 0.2) is 0 Å². The Hall–Kier alpha value is -0.770. The van der Waals surface area contributed by atoms with E-state index in [9.17, 15) is 4.79 Å². The Bertz CT molecular complexity index is 261. The van der Waals surface area contributed by atoms with Gasteiger partial charge >= 0.3 is 6.03 Å². The highest BCUT2D eigenvalue weighted by molar-refractivity contribution is 5.74. The fourth-order valence-corrected chi connectivity index (χ4v) is 2.71. The van der Waals surface area contributed by atoms with Crippen LogP contribution < -0.4 is 5.32 Å². The van der Waals surface area contributed by atoms with Gasteiger partial charge in [0.2, 0.25) is 0 Å².